The molecule has 5 heteroatoms. The molecule has 2 aromatic carbocycles. The smallest absolute Gasteiger partial charge is 0.241 e. The number of anilines is 1. The van der Waals surface area contributed by atoms with Crippen LogP contribution in [0.4, 0.5) is 10.1 Å². The summed E-state index contributed by atoms with van der Waals surface area (Å²) in [6.07, 6.45) is 0. The van der Waals surface area contributed by atoms with Crippen molar-refractivity contribution in [2.24, 2.45) is 5.73 Å². The van der Waals surface area contributed by atoms with E-state index in [2.05, 4.69) is 5.32 Å². The standard InChI is InChI=1S/C15H15FN2O2/c1-10(17)15(19)18-13-7-2-3-8-14(13)20-12-6-4-5-11(16)9-12/h2-10H,17H2,1H3,(H,18,19)/t10-/m0/s1. The van der Waals surface area contributed by atoms with Gasteiger partial charge in [-0.2, -0.15) is 0 Å². The lowest BCUT2D eigenvalue weighted by Crippen LogP contribution is -2.32. The highest BCUT2D eigenvalue weighted by atomic mass is 19.1. The van der Waals surface area contributed by atoms with Crippen molar-refractivity contribution in [3.63, 3.8) is 0 Å². The lowest BCUT2D eigenvalue weighted by Gasteiger charge is -2.13. The molecule has 0 bridgehead atoms. The Morgan fingerprint density at radius 1 is 1.25 bits per heavy atom. The summed E-state index contributed by atoms with van der Waals surface area (Å²) in [6, 6.07) is 12.0. The Kier molecular flexibility index (Phi) is 4.32. The molecule has 1 atom stereocenters. The van der Waals surface area contributed by atoms with Crippen LogP contribution < -0.4 is 15.8 Å². The normalized spacial score (nSPS) is 11.8. The Balaban J connectivity index is 2.22. The molecule has 0 saturated heterocycles. The van der Waals surface area contributed by atoms with E-state index >= 15 is 0 Å². The van der Waals surface area contributed by atoms with Crippen molar-refractivity contribution in [1.29, 1.82) is 0 Å². The lowest BCUT2D eigenvalue weighted by atomic mass is 10.2. The molecule has 1 amide bonds. The van der Waals surface area contributed by atoms with Crippen LogP contribution in [0.15, 0.2) is 48.5 Å². The SMILES string of the molecule is C[C@H](N)C(=O)Nc1ccccc1Oc1cccc(F)c1. The molecule has 20 heavy (non-hydrogen) atoms. The number of hydrogen-bond donors (Lipinski definition) is 2. The van der Waals surface area contributed by atoms with Gasteiger partial charge in [0, 0.05) is 6.07 Å². The minimum atomic E-state index is -0.628. The topological polar surface area (TPSA) is 64.4 Å². The number of nitrogens with two attached hydrogens (primary N) is 1. The number of nitrogens with one attached hydrogen (secondary N) is 1. The maximum atomic E-state index is 13.1. The maximum Gasteiger partial charge on any atom is 0.241 e. The van der Waals surface area contributed by atoms with Crippen molar-refractivity contribution in [1.82, 2.24) is 0 Å². The fourth-order valence-corrected chi connectivity index (χ4v) is 1.56. The molecule has 104 valence electrons. The van der Waals surface area contributed by atoms with Gasteiger partial charge in [0.2, 0.25) is 5.91 Å². The molecule has 2 rings (SSSR count). The molecule has 2 aromatic rings. The van der Waals surface area contributed by atoms with Gasteiger partial charge in [-0.25, -0.2) is 4.39 Å². The van der Waals surface area contributed by atoms with Crippen LogP contribution in [0.2, 0.25) is 0 Å². The van der Waals surface area contributed by atoms with Crippen molar-refractivity contribution in [3.05, 3.63) is 54.3 Å². The highest BCUT2D eigenvalue weighted by Gasteiger charge is 2.11. The zero-order valence-corrected chi connectivity index (χ0v) is 11.0. The van der Waals surface area contributed by atoms with Gasteiger partial charge in [-0.05, 0) is 31.2 Å². The molecule has 4 nitrogen and oxygen atoms in total. The Labute approximate surface area is 116 Å². The summed E-state index contributed by atoms with van der Waals surface area (Å²) in [5.41, 5.74) is 5.99. The summed E-state index contributed by atoms with van der Waals surface area (Å²) in [5.74, 6) is 0.0690. The average Bonchev–Trinajstić information content (AvgIpc) is 2.41. The second-order valence-corrected chi connectivity index (χ2v) is 4.33. The van der Waals surface area contributed by atoms with Gasteiger partial charge in [0.15, 0.2) is 5.75 Å². The first kappa shape index (κ1) is 14.0. The van der Waals surface area contributed by atoms with Gasteiger partial charge in [0.25, 0.3) is 0 Å². The fraction of sp³-hybridized carbons (Fsp3) is 0.133. The van der Waals surface area contributed by atoms with E-state index in [9.17, 15) is 9.18 Å². The number of rotatable bonds is 4. The third-order valence-electron chi connectivity index (χ3n) is 2.58. The van der Waals surface area contributed by atoms with Gasteiger partial charge in [-0.15, -0.1) is 0 Å². The van der Waals surface area contributed by atoms with Crippen LogP contribution in [0.3, 0.4) is 0 Å². The third-order valence-corrected chi connectivity index (χ3v) is 2.58. The molecule has 0 fully saturated rings. The van der Waals surface area contributed by atoms with Crippen molar-refractivity contribution < 1.29 is 13.9 Å². The zero-order valence-electron chi connectivity index (χ0n) is 11.0. The molecule has 0 aliphatic rings. The summed E-state index contributed by atoms with van der Waals surface area (Å²) < 4.78 is 18.7. The van der Waals surface area contributed by atoms with E-state index in [4.69, 9.17) is 10.5 Å². The molecule has 3 N–H and O–H groups in total. The van der Waals surface area contributed by atoms with Crippen LogP contribution in [0, 0.1) is 5.82 Å². The minimum absolute atomic E-state index is 0.319. The van der Waals surface area contributed by atoms with Crippen molar-refractivity contribution >= 4 is 11.6 Å². The number of carbonyl (C=O) groups is 1. The lowest BCUT2D eigenvalue weighted by molar-refractivity contribution is -0.117. The van der Waals surface area contributed by atoms with Crippen LogP contribution in [0.1, 0.15) is 6.92 Å². The molecule has 0 spiro atoms. The Hall–Kier alpha value is -2.40. The summed E-state index contributed by atoms with van der Waals surface area (Å²) in [7, 11) is 0. The van der Waals surface area contributed by atoms with Gasteiger partial charge in [0.1, 0.15) is 11.6 Å². The van der Waals surface area contributed by atoms with Crippen LogP contribution in [-0.4, -0.2) is 11.9 Å². The summed E-state index contributed by atoms with van der Waals surface area (Å²) in [5, 5.41) is 2.66. The van der Waals surface area contributed by atoms with E-state index in [1.54, 1.807) is 43.3 Å². The first-order chi connectivity index (χ1) is 9.56. The fourth-order valence-electron chi connectivity index (χ4n) is 1.56. The summed E-state index contributed by atoms with van der Waals surface area (Å²) >= 11 is 0. The largest absolute Gasteiger partial charge is 0.455 e. The average molecular weight is 274 g/mol. The van der Waals surface area contributed by atoms with Gasteiger partial charge in [-0.3, -0.25) is 4.79 Å². The second kappa shape index (κ2) is 6.16. The van der Waals surface area contributed by atoms with Crippen molar-refractivity contribution in [2.75, 3.05) is 5.32 Å². The number of amides is 1. The third kappa shape index (κ3) is 3.55. The molecular formula is C15H15FN2O2. The van der Waals surface area contributed by atoms with E-state index in [1.165, 1.54) is 12.1 Å². The first-order valence-electron chi connectivity index (χ1n) is 6.15. The van der Waals surface area contributed by atoms with Crippen molar-refractivity contribution in [3.8, 4) is 11.5 Å². The van der Waals surface area contributed by atoms with Crippen LogP contribution in [0.25, 0.3) is 0 Å². The van der Waals surface area contributed by atoms with E-state index in [0.717, 1.165) is 0 Å². The van der Waals surface area contributed by atoms with E-state index in [1.807, 2.05) is 0 Å². The monoisotopic (exact) mass is 274 g/mol. The van der Waals surface area contributed by atoms with Gasteiger partial charge < -0.3 is 15.8 Å². The quantitative estimate of drug-likeness (QED) is 0.901. The van der Waals surface area contributed by atoms with Gasteiger partial charge in [-0.1, -0.05) is 18.2 Å². The number of para-hydroxylation sites is 2. The van der Waals surface area contributed by atoms with Crippen molar-refractivity contribution in [2.45, 2.75) is 13.0 Å². The maximum absolute atomic E-state index is 13.1. The molecule has 0 heterocycles. The number of benzene rings is 2. The summed E-state index contributed by atoms with van der Waals surface area (Å²) in [6.45, 7) is 1.59. The first-order valence-corrected chi connectivity index (χ1v) is 6.15. The molecular weight excluding hydrogens is 259 g/mol. The highest BCUT2D eigenvalue weighted by Crippen LogP contribution is 2.29. The Morgan fingerprint density at radius 3 is 2.70 bits per heavy atom. The predicted molar refractivity (Wildman–Crippen MR) is 75.2 cm³/mol. The molecule has 0 aromatic heterocycles. The van der Waals surface area contributed by atoms with Gasteiger partial charge >= 0.3 is 0 Å². The van der Waals surface area contributed by atoms with E-state index in [0.29, 0.717) is 17.2 Å². The number of carbonyl (C=O) groups excluding carboxylic acids is 1. The summed E-state index contributed by atoms with van der Waals surface area (Å²) in [4.78, 5) is 11.6. The minimum Gasteiger partial charge on any atom is -0.455 e. The molecule has 0 saturated carbocycles. The molecule has 0 unspecified atom stereocenters. The van der Waals surface area contributed by atoms with E-state index < -0.39 is 6.04 Å². The van der Waals surface area contributed by atoms with Crippen LogP contribution in [0.5, 0.6) is 11.5 Å². The van der Waals surface area contributed by atoms with E-state index in [-0.39, 0.29) is 11.7 Å². The van der Waals surface area contributed by atoms with Crippen LogP contribution in [-0.2, 0) is 4.79 Å². The van der Waals surface area contributed by atoms with Crippen LogP contribution >= 0.6 is 0 Å². The Morgan fingerprint density at radius 2 is 2.00 bits per heavy atom. The molecule has 0 aliphatic carbocycles. The van der Waals surface area contributed by atoms with Gasteiger partial charge in [0.05, 0.1) is 11.7 Å². The Bertz CT molecular complexity index is 614. The predicted octanol–water partition coefficient (Wildman–Crippen LogP) is 2.90. The number of ether oxygens (including phenoxy) is 1. The number of halogens is 1. The molecule has 0 radical (unpaired) electrons. The zero-order chi connectivity index (χ0) is 14.5. The highest BCUT2D eigenvalue weighted by molar-refractivity contribution is 5.95. The molecule has 0 aliphatic heterocycles. The number of hydrogen-bond acceptors (Lipinski definition) is 3. The second-order valence-electron chi connectivity index (χ2n) is 4.33.